The third-order valence-electron chi connectivity index (χ3n) is 2.42. The molecule has 0 N–H and O–H groups in total. The predicted octanol–water partition coefficient (Wildman–Crippen LogP) is 4.99. The van der Waals surface area contributed by atoms with Gasteiger partial charge in [-0.05, 0) is 41.5 Å². The summed E-state index contributed by atoms with van der Waals surface area (Å²) < 4.78 is 5.09. The van der Waals surface area contributed by atoms with Crippen molar-refractivity contribution in [1.82, 2.24) is 0 Å². The standard InChI is InChI=1S/C12H24OP.C3H7.Ni/c1-10(13-8)9-14(11(2,3)4)12(5,6)7;1-3-2;/h1H,9H2,2-8H3;3H,1-2H3;/q2*-1;+2/p+1. The number of methoxy groups -OCH3 is 1. The first kappa shape index (κ1) is 23.5. The van der Waals surface area contributed by atoms with Crippen LogP contribution in [0.1, 0.15) is 55.4 Å². The first-order valence-electron chi connectivity index (χ1n) is 6.26. The fourth-order valence-electron chi connectivity index (χ4n) is 1.90. The Bertz CT molecular complexity index is 200. The van der Waals surface area contributed by atoms with Gasteiger partial charge in [0, 0.05) is 7.92 Å². The van der Waals surface area contributed by atoms with Crippen molar-refractivity contribution in [2.75, 3.05) is 13.3 Å². The van der Waals surface area contributed by atoms with Crippen LogP contribution in [-0.4, -0.2) is 23.6 Å². The summed E-state index contributed by atoms with van der Waals surface area (Å²) in [7, 11) is 1.08. The second kappa shape index (κ2) is 10.3. The van der Waals surface area contributed by atoms with E-state index in [9.17, 15) is 0 Å². The van der Waals surface area contributed by atoms with Gasteiger partial charge in [0.2, 0.25) is 0 Å². The van der Waals surface area contributed by atoms with Crippen LogP contribution in [0.5, 0.6) is 0 Å². The molecule has 0 aliphatic carbocycles. The van der Waals surface area contributed by atoms with Crippen LogP contribution in [0.3, 0.4) is 0 Å². The number of hydrogen-bond acceptors (Lipinski definition) is 1. The molecule has 18 heavy (non-hydrogen) atoms. The molecule has 112 valence electrons. The van der Waals surface area contributed by atoms with Gasteiger partial charge in [-0.2, -0.15) is 13.8 Å². The largest absolute Gasteiger partial charge is 2.00 e. The Balaban J connectivity index is -0.000000507. The van der Waals surface area contributed by atoms with Crippen molar-refractivity contribution >= 4 is 7.92 Å². The molecule has 0 amide bonds. The average Bonchev–Trinajstić information content (AvgIpc) is 2.11. The van der Waals surface area contributed by atoms with Crippen molar-refractivity contribution in [3.05, 3.63) is 18.8 Å². The van der Waals surface area contributed by atoms with E-state index >= 15 is 0 Å². The van der Waals surface area contributed by atoms with Gasteiger partial charge in [0.1, 0.15) is 0 Å². The monoisotopic (exact) mass is 317 g/mol. The zero-order valence-electron chi connectivity index (χ0n) is 13.6. The van der Waals surface area contributed by atoms with Crippen molar-refractivity contribution in [1.29, 1.82) is 0 Å². The summed E-state index contributed by atoms with van der Waals surface area (Å²) in [5.74, 6) is 0.684. The smallest absolute Gasteiger partial charge is 0.534 e. The van der Waals surface area contributed by atoms with Crippen LogP contribution in [0.2, 0.25) is 0 Å². The van der Waals surface area contributed by atoms with E-state index in [1.165, 1.54) is 0 Å². The molecule has 0 radical (unpaired) electrons. The van der Waals surface area contributed by atoms with Crippen LogP contribution >= 0.6 is 7.92 Å². The molecule has 0 bridgehead atoms. The molecule has 0 fully saturated rings. The van der Waals surface area contributed by atoms with Crippen molar-refractivity contribution < 1.29 is 21.2 Å². The summed E-state index contributed by atoms with van der Waals surface area (Å²) in [5, 5.41) is 0.706. The van der Waals surface area contributed by atoms with E-state index in [2.05, 4.69) is 41.5 Å². The molecule has 0 saturated heterocycles. The molecule has 0 unspecified atom stereocenters. The number of hydrogen-bond donors (Lipinski definition) is 0. The van der Waals surface area contributed by atoms with Gasteiger partial charge in [0.15, 0.2) is 0 Å². The number of allylic oxidation sites excluding steroid dienone is 1. The summed E-state index contributed by atoms with van der Waals surface area (Å²) in [5.41, 5.74) is 0. The van der Waals surface area contributed by atoms with E-state index in [1.54, 1.807) is 7.11 Å². The van der Waals surface area contributed by atoms with E-state index < -0.39 is 7.92 Å². The van der Waals surface area contributed by atoms with Crippen LogP contribution in [0, 0.1) is 13.0 Å². The van der Waals surface area contributed by atoms with Gasteiger partial charge in [-0.3, -0.25) is 0 Å². The normalized spacial score (nSPS) is 11.2. The van der Waals surface area contributed by atoms with Gasteiger partial charge < -0.3 is 17.7 Å². The van der Waals surface area contributed by atoms with Crippen LogP contribution in [0.4, 0.5) is 0 Å². The third kappa shape index (κ3) is 11.5. The summed E-state index contributed by atoms with van der Waals surface area (Å²) in [6.07, 6.45) is 2.94. The quantitative estimate of drug-likeness (QED) is 0.308. The van der Waals surface area contributed by atoms with E-state index in [1.807, 2.05) is 20.3 Å². The minimum atomic E-state index is -0.574. The molecule has 0 aromatic heterocycles. The minimum Gasteiger partial charge on any atom is -0.534 e. The molecule has 0 aromatic rings. The Morgan fingerprint density at radius 3 is 1.50 bits per heavy atom. The maximum absolute atomic E-state index is 5.79. The Labute approximate surface area is 127 Å². The van der Waals surface area contributed by atoms with Crippen LogP contribution in [-0.2, 0) is 21.2 Å². The average molecular weight is 318 g/mol. The SMILES string of the molecule is C[CH-]C.[CH-]=C(C[PH+](C(C)(C)C)C(C)(C)C)OC.[Ni+2]. The van der Waals surface area contributed by atoms with Gasteiger partial charge >= 0.3 is 16.5 Å². The molecule has 0 aromatic carbocycles. The topological polar surface area (TPSA) is 9.23 Å². The number of rotatable bonds is 3. The molecular formula is C15H32NiOP+. The maximum atomic E-state index is 5.79. The van der Waals surface area contributed by atoms with Gasteiger partial charge in [-0.1, -0.05) is 5.76 Å². The zero-order valence-corrected chi connectivity index (χ0v) is 15.6. The minimum absolute atomic E-state index is 0. The van der Waals surface area contributed by atoms with Gasteiger partial charge in [-0.15, -0.1) is 0 Å². The third-order valence-corrected chi connectivity index (χ3v) is 6.75. The summed E-state index contributed by atoms with van der Waals surface area (Å²) in [6, 6.07) is 0. The first-order valence-corrected chi connectivity index (χ1v) is 7.97. The first-order chi connectivity index (χ1) is 7.50. The van der Waals surface area contributed by atoms with Gasteiger partial charge in [0.25, 0.3) is 0 Å². The van der Waals surface area contributed by atoms with Crippen molar-refractivity contribution in [3.63, 3.8) is 0 Å². The van der Waals surface area contributed by atoms with Crippen molar-refractivity contribution in [3.8, 4) is 0 Å². The van der Waals surface area contributed by atoms with Crippen molar-refractivity contribution in [2.24, 2.45) is 0 Å². The fraction of sp³-hybridized carbons (Fsp3) is 0.800. The molecule has 0 heterocycles. The van der Waals surface area contributed by atoms with Gasteiger partial charge in [-0.25, -0.2) is 0 Å². The molecular weight excluding hydrogens is 286 g/mol. The van der Waals surface area contributed by atoms with Gasteiger partial charge in [0.05, 0.1) is 23.6 Å². The summed E-state index contributed by atoms with van der Waals surface area (Å²) in [6.45, 7) is 23.6. The van der Waals surface area contributed by atoms with E-state index in [0.717, 1.165) is 6.16 Å². The van der Waals surface area contributed by atoms with E-state index in [-0.39, 0.29) is 16.5 Å². The predicted molar refractivity (Wildman–Crippen MR) is 83.2 cm³/mol. The Morgan fingerprint density at radius 2 is 1.33 bits per heavy atom. The summed E-state index contributed by atoms with van der Waals surface area (Å²) in [4.78, 5) is 0. The zero-order chi connectivity index (χ0) is 14.3. The summed E-state index contributed by atoms with van der Waals surface area (Å²) >= 11 is 0. The molecule has 1 nitrogen and oxygen atoms in total. The fourth-order valence-corrected chi connectivity index (χ4v) is 5.71. The molecule has 3 heteroatoms. The second-order valence-corrected chi connectivity index (χ2v) is 10.7. The van der Waals surface area contributed by atoms with Crippen LogP contribution in [0.25, 0.3) is 0 Å². The Kier molecular flexibility index (Phi) is 13.4. The maximum Gasteiger partial charge on any atom is 2.00 e. The molecule has 0 saturated carbocycles. The van der Waals surface area contributed by atoms with E-state index in [4.69, 9.17) is 11.3 Å². The number of ether oxygens (including phenoxy) is 1. The van der Waals surface area contributed by atoms with Crippen molar-refractivity contribution in [2.45, 2.75) is 65.7 Å². The molecule has 0 spiro atoms. The molecule has 0 aliphatic heterocycles. The molecule has 0 atom stereocenters. The van der Waals surface area contributed by atoms with E-state index in [0.29, 0.717) is 16.1 Å². The molecule has 0 aliphatic rings. The van der Waals surface area contributed by atoms with Crippen LogP contribution in [0.15, 0.2) is 5.76 Å². The second-order valence-electron chi connectivity index (χ2n) is 6.40. The Morgan fingerprint density at radius 1 is 1.06 bits per heavy atom. The van der Waals surface area contributed by atoms with Crippen LogP contribution < -0.4 is 0 Å². The Hall–Kier alpha value is 0.464. The molecule has 0 rings (SSSR count).